The fraction of sp³-hybridized carbons (Fsp3) is 0.500. The molecule has 0 fully saturated rings. The minimum Gasteiger partial charge on any atom is -0.508 e. The van der Waals surface area contributed by atoms with Crippen molar-refractivity contribution >= 4 is 0 Å². The summed E-state index contributed by atoms with van der Waals surface area (Å²) >= 11 is 0. The van der Waals surface area contributed by atoms with Crippen LogP contribution in [-0.2, 0) is 4.74 Å². The summed E-state index contributed by atoms with van der Waals surface area (Å²) in [6.45, 7) is 5.30. The van der Waals surface area contributed by atoms with Gasteiger partial charge in [-0.1, -0.05) is 6.92 Å². The summed E-state index contributed by atoms with van der Waals surface area (Å²) < 4.78 is 11.0. The molecule has 0 aromatic heterocycles. The van der Waals surface area contributed by atoms with Gasteiger partial charge in [-0.3, -0.25) is 0 Å². The first-order chi connectivity index (χ1) is 7.26. The van der Waals surface area contributed by atoms with Gasteiger partial charge in [-0.25, -0.2) is 0 Å². The Balaban J connectivity index is 2.38. The molecule has 0 radical (unpaired) electrons. The highest BCUT2D eigenvalue weighted by molar-refractivity contribution is 5.30. The van der Waals surface area contributed by atoms with Gasteiger partial charge in [0.2, 0.25) is 0 Å². The minimum absolute atomic E-state index is 0.142. The maximum Gasteiger partial charge on any atom is 0.119 e. The molecule has 15 heavy (non-hydrogen) atoms. The summed E-state index contributed by atoms with van der Waals surface area (Å²) in [4.78, 5) is 0. The Kier molecular flexibility index (Phi) is 4.98. The molecule has 0 heterocycles. The van der Waals surface area contributed by atoms with Crippen molar-refractivity contribution in [2.24, 2.45) is 0 Å². The number of benzene rings is 1. The van der Waals surface area contributed by atoms with Crippen LogP contribution in [0, 0.1) is 0 Å². The molecular weight excluding hydrogens is 192 g/mol. The van der Waals surface area contributed by atoms with Gasteiger partial charge < -0.3 is 14.6 Å². The lowest BCUT2D eigenvalue weighted by molar-refractivity contribution is 0.0256. The average molecular weight is 210 g/mol. The lowest BCUT2D eigenvalue weighted by atomic mass is 10.3. The summed E-state index contributed by atoms with van der Waals surface area (Å²) in [6, 6.07) is 6.70. The summed E-state index contributed by atoms with van der Waals surface area (Å²) in [5.41, 5.74) is 0. The maximum absolute atomic E-state index is 9.08. The van der Waals surface area contributed by atoms with Crippen LogP contribution in [0.5, 0.6) is 11.5 Å². The van der Waals surface area contributed by atoms with Gasteiger partial charge in [-0.15, -0.1) is 0 Å². The topological polar surface area (TPSA) is 38.7 Å². The van der Waals surface area contributed by atoms with Crippen LogP contribution in [0.2, 0.25) is 0 Å². The van der Waals surface area contributed by atoms with Crippen LogP contribution in [0.25, 0.3) is 0 Å². The van der Waals surface area contributed by atoms with E-state index in [-0.39, 0.29) is 11.9 Å². The number of phenolic OH excluding ortho intramolecular Hbond substituents is 1. The van der Waals surface area contributed by atoms with E-state index in [4.69, 9.17) is 14.6 Å². The highest BCUT2D eigenvalue weighted by Gasteiger charge is 2.06. The zero-order chi connectivity index (χ0) is 11.1. The molecule has 0 aliphatic rings. The van der Waals surface area contributed by atoms with E-state index in [1.54, 1.807) is 24.3 Å². The van der Waals surface area contributed by atoms with Crippen molar-refractivity contribution in [1.82, 2.24) is 0 Å². The van der Waals surface area contributed by atoms with Gasteiger partial charge in [-0.05, 0) is 37.6 Å². The second-order valence-electron chi connectivity index (χ2n) is 3.29. The Hall–Kier alpha value is -1.22. The standard InChI is InChI=1S/C12H18O3/c1-3-11(14-4-2)9-15-12-7-5-10(13)6-8-12/h5-8,11,13H,3-4,9H2,1-2H3. The van der Waals surface area contributed by atoms with Gasteiger partial charge in [0, 0.05) is 6.61 Å². The van der Waals surface area contributed by atoms with E-state index >= 15 is 0 Å². The first kappa shape index (κ1) is 11.9. The van der Waals surface area contributed by atoms with Crippen molar-refractivity contribution < 1.29 is 14.6 Å². The van der Waals surface area contributed by atoms with Crippen molar-refractivity contribution in [2.45, 2.75) is 26.4 Å². The second-order valence-corrected chi connectivity index (χ2v) is 3.29. The Morgan fingerprint density at radius 1 is 1.20 bits per heavy atom. The normalized spacial score (nSPS) is 12.4. The molecular formula is C12H18O3. The molecule has 1 aromatic rings. The van der Waals surface area contributed by atoms with E-state index in [1.807, 2.05) is 6.92 Å². The summed E-state index contributed by atoms with van der Waals surface area (Å²) in [5.74, 6) is 1.00. The van der Waals surface area contributed by atoms with E-state index in [2.05, 4.69) is 6.92 Å². The van der Waals surface area contributed by atoms with Crippen molar-refractivity contribution in [3.05, 3.63) is 24.3 Å². The first-order valence-corrected chi connectivity index (χ1v) is 5.29. The lowest BCUT2D eigenvalue weighted by Gasteiger charge is -2.15. The Bertz CT molecular complexity index is 269. The number of hydrogen-bond acceptors (Lipinski definition) is 3. The van der Waals surface area contributed by atoms with Gasteiger partial charge in [0.15, 0.2) is 0 Å². The van der Waals surface area contributed by atoms with Crippen LogP contribution in [0.4, 0.5) is 0 Å². The van der Waals surface area contributed by atoms with E-state index in [0.717, 1.165) is 12.2 Å². The average Bonchev–Trinajstić information content (AvgIpc) is 2.26. The third-order valence-corrected chi connectivity index (χ3v) is 2.13. The van der Waals surface area contributed by atoms with Gasteiger partial charge in [0.1, 0.15) is 18.1 Å². The molecule has 0 saturated carbocycles. The molecule has 84 valence electrons. The third kappa shape index (κ3) is 4.21. The van der Waals surface area contributed by atoms with Gasteiger partial charge in [-0.2, -0.15) is 0 Å². The predicted molar refractivity (Wildman–Crippen MR) is 59.3 cm³/mol. The molecule has 3 nitrogen and oxygen atoms in total. The zero-order valence-electron chi connectivity index (χ0n) is 9.27. The SMILES string of the molecule is CCOC(CC)COc1ccc(O)cc1. The smallest absolute Gasteiger partial charge is 0.119 e. The molecule has 1 rings (SSSR count). The van der Waals surface area contributed by atoms with Crippen molar-refractivity contribution in [2.75, 3.05) is 13.2 Å². The van der Waals surface area contributed by atoms with Crippen LogP contribution in [0.3, 0.4) is 0 Å². The van der Waals surface area contributed by atoms with E-state index in [1.165, 1.54) is 0 Å². The van der Waals surface area contributed by atoms with Crippen LogP contribution in [0.15, 0.2) is 24.3 Å². The lowest BCUT2D eigenvalue weighted by Crippen LogP contribution is -2.20. The Morgan fingerprint density at radius 2 is 1.87 bits per heavy atom. The van der Waals surface area contributed by atoms with Crippen LogP contribution in [-0.4, -0.2) is 24.4 Å². The summed E-state index contributed by atoms with van der Waals surface area (Å²) in [6.07, 6.45) is 1.08. The van der Waals surface area contributed by atoms with E-state index in [0.29, 0.717) is 13.2 Å². The molecule has 0 bridgehead atoms. The monoisotopic (exact) mass is 210 g/mol. The Morgan fingerprint density at radius 3 is 2.40 bits per heavy atom. The molecule has 1 aromatic carbocycles. The molecule has 1 unspecified atom stereocenters. The van der Waals surface area contributed by atoms with Crippen molar-refractivity contribution in [3.63, 3.8) is 0 Å². The van der Waals surface area contributed by atoms with Gasteiger partial charge in [0.05, 0.1) is 6.10 Å². The maximum atomic E-state index is 9.08. The number of hydrogen-bond donors (Lipinski definition) is 1. The predicted octanol–water partition coefficient (Wildman–Crippen LogP) is 2.59. The van der Waals surface area contributed by atoms with E-state index < -0.39 is 0 Å². The second kappa shape index (κ2) is 6.30. The number of phenols is 1. The zero-order valence-corrected chi connectivity index (χ0v) is 9.27. The fourth-order valence-corrected chi connectivity index (χ4v) is 1.25. The molecule has 0 aliphatic carbocycles. The van der Waals surface area contributed by atoms with Gasteiger partial charge >= 0.3 is 0 Å². The quantitative estimate of drug-likeness (QED) is 0.784. The first-order valence-electron chi connectivity index (χ1n) is 5.29. The molecule has 0 aliphatic heterocycles. The molecule has 1 N–H and O–H groups in total. The molecule has 1 atom stereocenters. The third-order valence-electron chi connectivity index (χ3n) is 2.13. The highest BCUT2D eigenvalue weighted by Crippen LogP contribution is 2.16. The number of rotatable bonds is 6. The minimum atomic E-state index is 0.142. The molecule has 0 saturated heterocycles. The fourth-order valence-electron chi connectivity index (χ4n) is 1.25. The van der Waals surface area contributed by atoms with Gasteiger partial charge in [0.25, 0.3) is 0 Å². The summed E-state index contributed by atoms with van der Waals surface area (Å²) in [5, 5.41) is 9.08. The molecule has 0 amide bonds. The molecule has 3 heteroatoms. The number of ether oxygens (including phenoxy) is 2. The van der Waals surface area contributed by atoms with Crippen molar-refractivity contribution in [1.29, 1.82) is 0 Å². The summed E-state index contributed by atoms with van der Waals surface area (Å²) in [7, 11) is 0. The molecule has 0 spiro atoms. The van der Waals surface area contributed by atoms with Crippen molar-refractivity contribution in [3.8, 4) is 11.5 Å². The number of aromatic hydroxyl groups is 1. The Labute approximate surface area is 90.6 Å². The largest absolute Gasteiger partial charge is 0.508 e. The van der Waals surface area contributed by atoms with Crippen LogP contribution >= 0.6 is 0 Å². The highest BCUT2D eigenvalue weighted by atomic mass is 16.5. The van der Waals surface area contributed by atoms with E-state index in [9.17, 15) is 0 Å². The van der Waals surface area contributed by atoms with Crippen LogP contribution < -0.4 is 4.74 Å². The van der Waals surface area contributed by atoms with Crippen LogP contribution in [0.1, 0.15) is 20.3 Å².